The molecule has 0 saturated heterocycles. The molecule has 1 aliphatic heterocycles. The second kappa shape index (κ2) is 8.27. The highest BCUT2D eigenvalue weighted by Gasteiger charge is 2.54. The van der Waals surface area contributed by atoms with Crippen LogP contribution < -0.4 is 15.8 Å². The molecule has 6 rings (SSSR count). The van der Waals surface area contributed by atoms with E-state index in [2.05, 4.69) is 15.3 Å². The van der Waals surface area contributed by atoms with Crippen molar-refractivity contribution >= 4 is 22.7 Å². The molecule has 2 saturated carbocycles. The second-order valence-corrected chi connectivity index (χ2v) is 9.90. The van der Waals surface area contributed by atoms with Crippen LogP contribution in [-0.2, 0) is 17.8 Å². The van der Waals surface area contributed by atoms with E-state index >= 15 is 0 Å². The van der Waals surface area contributed by atoms with Gasteiger partial charge in [-0.3, -0.25) is 14.6 Å². The highest BCUT2D eigenvalue weighted by molar-refractivity contribution is 5.97. The van der Waals surface area contributed by atoms with Crippen LogP contribution in [0.3, 0.4) is 0 Å². The van der Waals surface area contributed by atoms with Crippen LogP contribution in [0, 0.1) is 11.2 Å². The number of hydrogen-bond acceptors (Lipinski definition) is 6. The lowest BCUT2D eigenvalue weighted by Gasteiger charge is -2.57. The summed E-state index contributed by atoms with van der Waals surface area (Å²) in [5.41, 5.74) is 8.83. The number of aromatic nitrogens is 2. The van der Waals surface area contributed by atoms with Crippen molar-refractivity contribution in [1.29, 1.82) is 0 Å². The normalized spacial score (nSPS) is 24.8. The Morgan fingerprint density at radius 1 is 1.17 bits per heavy atom. The van der Waals surface area contributed by atoms with Gasteiger partial charge in [-0.15, -0.1) is 0 Å². The quantitative estimate of drug-likeness (QED) is 0.585. The Morgan fingerprint density at radius 2 is 2.00 bits per heavy atom. The van der Waals surface area contributed by atoms with Crippen LogP contribution in [0.2, 0.25) is 0 Å². The van der Waals surface area contributed by atoms with Crippen molar-refractivity contribution in [1.82, 2.24) is 15.3 Å². The Hall–Kier alpha value is -3.59. The summed E-state index contributed by atoms with van der Waals surface area (Å²) in [5, 5.41) is 3.66. The van der Waals surface area contributed by atoms with Crippen molar-refractivity contribution in [2.45, 2.75) is 50.9 Å². The van der Waals surface area contributed by atoms with Crippen molar-refractivity contribution in [3.8, 4) is 5.88 Å². The highest BCUT2D eigenvalue weighted by Crippen LogP contribution is 2.56. The average Bonchev–Trinajstić information content (AvgIpc) is 2.80. The summed E-state index contributed by atoms with van der Waals surface area (Å²) in [5.74, 6) is -0.819. The number of halogens is 1. The lowest BCUT2D eigenvalue weighted by atomic mass is 9.53. The number of nitrogens with one attached hydrogen (secondary N) is 1. The lowest BCUT2D eigenvalue weighted by Crippen LogP contribution is -2.58. The minimum Gasteiger partial charge on any atom is -0.474 e. The predicted molar refractivity (Wildman–Crippen MR) is 124 cm³/mol. The zero-order chi connectivity index (χ0) is 24.2. The summed E-state index contributed by atoms with van der Waals surface area (Å²) >= 11 is 0. The molecule has 35 heavy (non-hydrogen) atoms. The topological polar surface area (TPSA) is 116 Å². The number of fused-ring (bicyclic) bond motifs is 2. The average molecular weight is 477 g/mol. The van der Waals surface area contributed by atoms with E-state index in [-0.39, 0.29) is 34.8 Å². The second-order valence-electron chi connectivity index (χ2n) is 9.90. The number of hydrogen-bond donors (Lipinski definition) is 2. The van der Waals surface area contributed by atoms with Gasteiger partial charge in [0.25, 0.3) is 11.8 Å². The van der Waals surface area contributed by atoms with Crippen molar-refractivity contribution in [2.75, 3.05) is 6.61 Å². The zero-order valence-electron chi connectivity index (χ0n) is 19.1. The van der Waals surface area contributed by atoms with E-state index in [1.807, 2.05) is 0 Å². The highest BCUT2D eigenvalue weighted by atomic mass is 19.1. The lowest BCUT2D eigenvalue weighted by molar-refractivity contribution is -0.0849. The molecule has 2 aromatic heterocycles. The number of benzene rings is 1. The molecule has 1 aromatic carbocycles. The first-order valence-electron chi connectivity index (χ1n) is 11.8. The van der Waals surface area contributed by atoms with Gasteiger partial charge in [0.15, 0.2) is 0 Å². The third-order valence-corrected chi connectivity index (χ3v) is 7.36. The Kier molecular flexibility index (Phi) is 5.17. The Labute approximate surface area is 201 Å². The molecule has 3 heterocycles. The van der Waals surface area contributed by atoms with E-state index in [0.717, 1.165) is 36.9 Å². The largest absolute Gasteiger partial charge is 0.474 e. The number of rotatable bonds is 5. The van der Waals surface area contributed by atoms with Crippen LogP contribution in [-0.4, -0.2) is 40.5 Å². The third kappa shape index (κ3) is 4.10. The molecule has 0 bridgehead atoms. The molecule has 9 heteroatoms. The number of nitrogens with zero attached hydrogens (tertiary/aromatic N) is 2. The fraction of sp³-hybridized carbons (Fsp3) is 0.385. The van der Waals surface area contributed by atoms with E-state index in [1.54, 1.807) is 18.2 Å². The molecule has 3 aromatic rings. The van der Waals surface area contributed by atoms with Gasteiger partial charge in [0.1, 0.15) is 17.5 Å². The Bertz CT molecular complexity index is 1350. The maximum absolute atomic E-state index is 13.5. The smallest absolute Gasteiger partial charge is 0.254 e. The number of carbonyl (C=O) groups excluding carboxylic acids is 2. The molecule has 1 spiro atoms. The van der Waals surface area contributed by atoms with Gasteiger partial charge in [-0.05, 0) is 61.4 Å². The fourth-order valence-corrected chi connectivity index (χ4v) is 5.60. The molecule has 8 nitrogen and oxygen atoms in total. The molecule has 2 fully saturated rings. The number of carbonyl (C=O) groups is 2. The maximum Gasteiger partial charge on any atom is 0.254 e. The summed E-state index contributed by atoms with van der Waals surface area (Å²) in [6.45, 7) is 1.02. The minimum absolute atomic E-state index is 0.0327. The van der Waals surface area contributed by atoms with Crippen LogP contribution in [0.15, 0.2) is 36.5 Å². The molecule has 2 aliphatic carbocycles. The van der Waals surface area contributed by atoms with E-state index in [1.165, 1.54) is 18.3 Å². The molecular formula is C26H25FN4O4. The van der Waals surface area contributed by atoms with Gasteiger partial charge in [-0.25, -0.2) is 9.37 Å². The summed E-state index contributed by atoms with van der Waals surface area (Å²) in [6.07, 6.45) is 5.59. The van der Waals surface area contributed by atoms with Gasteiger partial charge in [0, 0.05) is 29.6 Å². The van der Waals surface area contributed by atoms with E-state index < -0.39 is 5.91 Å². The molecule has 3 N–H and O–H groups in total. The Balaban J connectivity index is 1.05. The molecule has 3 aliphatic rings. The fourth-order valence-electron chi connectivity index (χ4n) is 5.60. The van der Waals surface area contributed by atoms with Crippen molar-refractivity contribution in [3.63, 3.8) is 0 Å². The third-order valence-electron chi connectivity index (χ3n) is 7.36. The first kappa shape index (κ1) is 21.9. The standard InChI is InChI=1S/C26H25FN4O4/c27-17-1-2-21-14(6-17)5-15(12-29-21)24(33)30-18-8-26(9-18)10-19(11-26)35-25-20(23(28)32)7-16-13-34-4-3-22(16)31-25/h1-2,5-7,12,18-19H,3-4,8-11,13H2,(H2,28,32)(H,30,33)/t18-,19-,26?. The van der Waals surface area contributed by atoms with Gasteiger partial charge >= 0.3 is 0 Å². The first-order chi connectivity index (χ1) is 16.9. The number of nitrogens with two attached hydrogens (primary N) is 1. The Morgan fingerprint density at radius 3 is 2.80 bits per heavy atom. The van der Waals surface area contributed by atoms with Gasteiger partial charge in [0.2, 0.25) is 5.88 Å². The minimum atomic E-state index is -0.563. The SMILES string of the molecule is NC(=O)c1cc2c(nc1O[C@H]1CC3(C[C@H](NC(=O)c4cnc5ccc(F)cc5c4)C3)C1)CCOC2. The summed E-state index contributed by atoms with van der Waals surface area (Å²) in [4.78, 5) is 33.5. The van der Waals surface area contributed by atoms with E-state index in [0.29, 0.717) is 42.0 Å². The van der Waals surface area contributed by atoms with Gasteiger partial charge in [-0.1, -0.05) is 0 Å². The summed E-state index contributed by atoms with van der Waals surface area (Å²) < 4.78 is 25.0. The van der Waals surface area contributed by atoms with Gasteiger partial charge in [-0.2, -0.15) is 0 Å². The van der Waals surface area contributed by atoms with Gasteiger partial charge < -0.3 is 20.5 Å². The number of pyridine rings is 2. The molecule has 2 amide bonds. The van der Waals surface area contributed by atoms with Crippen LogP contribution in [0.4, 0.5) is 4.39 Å². The summed E-state index contributed by atoms with van der Waals surface area (Å²) in [6, 6.07) is 7.80. The molecule has 0 unspecified atom stereocenters. The molecule has 180 valence electrons. The number of primary amides is 1. The summed E-state index contributed by atoms with van der Waals surface area (Å²) in [7, 11) is 0. The van der Waals surface area contributed by atoms with Gasteiger partial charge in [0.05, 0.1) is 30.0 Å². The zero-order valence-corrected chi connectivity index (χ0v) is 19.1. The first-order valence-corrected chi connectivity index (χ1v) is 11.8. The number of ether oxygens (including phenoxy) is 2. The van der Waals surface area contributed by atoms with Crippen LogP contribution in [0.5, 0.6) is 5.88 Å². The molecule has 0 atom stereocenters. The molecular weight excluding hydrogens is 451 g/mol. The number of amides is 2. The predicted octanol–water partition coefficient (Wildman–Crippen LogP) is 3.06. The van der Waals surface area contributed by atoms with Crippen molar-refractivity contribution < 1.29 is 23.5 Å². The van der Waals surface area contributed by atoms with E-state index in [9.17, 15) is 14.0 Å². The van der Waals surface area contributed by atoms with Crippen molar-refractivity contribution in [2.24, 2.45) is 11.1 Å². The van der Waals surface area contributed by atoms with Crippen molar-refractivity contribution in [3.05, 3.63) is 64.7 Å². The monoisotopic (exact) mass is 476 g/mol. The maximum atomic E-state index is 13.5. The van der Waals surface area contributed by atoms with E-state index in [4.69, 9.17) is 15.2 Å². The van der Waals surface area contributed by atoms with Crippen LogP contribution in [0.1, 0.15) is 57.7 Å². The molecule has 0 radical (unpaired) electrons. The van der Waals surface area contributed by atoms with Crippen LogP contribution in [0.25, 0.3) is 10.9 Å². The van der Waals surface area contributed by atoms with Crippen LogP contribution >= 0.6 is 0 Å².